The van der Waals surface area contributed by atoms with Crippen molar-refractivity contribution in [1.29, 1.82) is 0 Å². The third-order valence-corrected chi connectivity index (χ3v) is 5.33. The molecular weight excluding hydrogens is 332 g/mol. The lowest BCUT2D eigenvalue weighted by Gasteiger charge is -2.30. The highest BCUT2D eigenvalue weighted by Gasteiger charge is 2.29. The lowest BCUT2D eigenvalue weighted by Crippen LogP contribution is -2.42. The Bertz CT molecular complexity index is 723. The highest BCUT2D eigenvalue weighted by molar-refractivity contribution is 6.03. The van der Waals surface area contributed by atoms with Crippen LogP contribution in [0.4, 0.5) is 5.69 Å². The summed E-state index contributed by atoms with van der Waals surface area (Å²) >= 11 is 0. The zero-order valence-electron chi connectivity index (χ0n) is 15.7. The number of carbonyl (C=O) groups is 3. The Morgan fingerprint density at radius 2 is 1.85 bits per heavy atom. The average molecular weight is 358 g/mol. The van der Waals surface area contributed by atoms with Crippen molar-refractivity contribution in [1.82, 2.24) is 4.90 Å². The molecule has 2 aliphatic heterocycles. The summed E-state index contributed by atoms with van der Waals surface area (Å²) in [5.74, 6) is 1.07. The molecule has 2 amide bonds. The molecular formula is C20H26N2O4. The predicted molar refractivity (Wildman–Crippen MR) is 98.5 cm³/mol. The van der Waals surface area contributed by atoms with Gasteiger partial charge in [-0.1, -0.05) is 6.92 Å². The predicted octanol–water partition coefficient (Wildman–Crippen LogP) is 2.65. The Morgan fingerprint density at radius 1 is 1.15 bits per heavy atom. The van der Waals surface area contributed by atoms with Gasteiger partial charge in [0.25, 0.3) is 5.91 Å². The molecule has 140 valence electrons. The number of nitrogens with zero attached hydrogens (tertiary/aromatic N) is 2. The molecule has 1 aromatic carbocycles. The smallest absolute Gasteiger partial charge is 0.267 e. The number of benzene rings is 1. The van der Waals surface area contributed by atoms with E-state index < -0.39 is 6.10 Å². The van der Waals surface area contributed by atoms with E-state index in [4.69, 9.17) is 4.74 Å². The van der Waals surface area contributed by atoms with E-state index in [0.29, 0.717) is 22.9 Å². The van der Waals surface area contributed by atoms with Crippen molar-refractivity contribution < 1.29 is 19.1 Å². The molecule has 1 saturated heterocycles. The maximum absolute atomic E-state index is 12.5. The standard InChI is InChI=1S/C20H26N2O4/c1-13-8-10-22(11-9-13)19(24)7-5-17(23)15-4-6-18-16(12-15)21(3)20(25)14(2)26-18/h4,6,12-14H,5,7-11H2,1-3H3. The molecule has 2 aliphatic rings. The van der Waals surface area contributed by atoms with Crippen LogP contribution in [0.15, 0.2) is 18.2 Å². The molecule has 0 aromatic heterocycles. The monoisotopic (exact) mass is 358 g/mol. The van der Waals surface area contributed by atoms with Gasteiger partial charge < -0.3 is 14.5 Å². The van der Waals surface area contributed by atoms with E-state index in [2.05, 4.69) is 6.92 Å². The summed E-state index contributed by atoms with van der Waals surface area (Å²) in [5.41, 5.74) is 1.09. The van der Waals surface area contributed by atoms with E-state index in [1.54, 1.807) is 32.2 Å². The largest absolute Gasteiger partial charge is 0.479 e. The van der Waals surface area contributed by atoms with Gasteiger partial charge in [-0.2, -0.15) is 0 Å². The third-order valence-electron chi connectivity index (χ3n) is 5.33. The van der Waals surface area contributed by atoms with Gasteiger partial charge in [0.05, 0.1) is 5.69 Å². The number of carbonyl (C=O) groups excluding carboxylic acids is 3. The van der Waals surface area contributed by atoms with Gasteiger partial charge in [0.2, 0.25) is 5.91 Å². The molecule has 0 spiro atoms. The van der Waals surface area contributed by atoms with Crippen molar-refractivity contribution >= 4 is 23.3 Å². The maximum Gasteiger partial charge on any atom is 0.267 e. The molecule has 1 unspecified atom stereocenters. The number of amides is 2. The third kappa shape index (κ3) is 3.74. The van der Waals surface area contributed by atoms with Crippen LogP contribution in [0.2, 0.25) is 0 Å². The number of rotatable bonds is 4. The van der Waals surface area contributed by atoms with Crippen LogP contribution >= 0.6 is 0 Å². The minimum absolute atomic E-state index is 0.0488. The van der Waals surface area contributed by atoms with E-state index in [9.17, 15) is 14.4 Å². The molecule has 1 aromatic rings. The number of ether oxygens (including phenoxy) is 1. The zero-order chi connectivity index (χ0) is 18.8. The van der Waals surface area contributed by atoms with E-state index in [0.717, 1.165) is 25.9 Å². The maximum atomic E-state index is 12.5. The van der Waals surface area contributed by atoms with Crippen molar-refractivity contribution in [3.8, 4) is 5.75 Å². The quantitative estimate of drug-likeness (QED) is 0.776. The average Bonchev–Trinajstić information content (AvgIpc) is 2.64. The van der Waals surface area contributed by atoms with Crippen LogP contribution in [-0.4, -0.2) is 48.7 Å². The number of likely N-dealkylation sites (tertiary alicyclic amines) is 1. The first-order valence-corrected chi connectivity index (χ1v) is 9.26. The summed E-state index contributed by atoms with van der Waals surface area (Å²) in [6.45, 7) is 5.48. The first kappa shape index (κ1) is 18.4. The van der Waals surface area contributed by atoms with Gasteiger partial charge >= 0.3 is 0 Å². The molecule has 0 bridgehead atoms. The first-order chi connectivity index (χ1) is 12.4. The number of piperidine rings is 1. The number of likely N-dealkylation sites (N-methyl/N-ethyl adjacent to an activating group) is 1. The van der Waals surface area contributed by atoms with E-state index >= 15 is 0 Å². The van der Waals surface area contributed by atoms with Crippen molar-refractivity contribution in [3.05, 3.63) is 23.8 Å². The van der Waals surface area contributed by atoms with Gasteiger partial charge in [0, 0.05) is 38.5 Å². The molecule has 6 heteroatoms. The molecule has 6 nitrogen and oxygen atoms in total. The Morgan fingerprint density at radius 3 is 2.54 bits per heavy atom. The molecule has 1 fully saturated rings. The fraction of sp³-hybridized carbons (Fsp3) is 0.550. The highest BCUT2D eigenvalue weighted by Crippen LogP contribution is 2.34. The lowest BCUT2D eigenvalue weighted by molar-refractivity contribution is -0.132. The number of Topliss-reactive ketones (excluding diaryl/α,β-unsaturated/α-hetero) is 1. The van der Waals surface area contributed by atoms with Crippen molar-refractivity contribution in [2.45, 2.75) is 45.6 Å². The zero-order valence-corrected chi connectivity index (χ0v) is 15.7. The Balaban J connectivity index is 1.62. The van der Waals surface area contributed by atoms with Gasteiger partial charge in [-0.3, -0.25) is 14.4 Å². The minimum Gasteiger partial charge on any atom is -0.479 e. The summed E-state index contributed by atoms with van der Waals surface area (Å²) in [6.07, 6.45) is 1.94. The van der Waals surface area contributed by atoms with E-state index in [1.165, 1.54) is 4.90 Å². The van der Waals surface area contributed by atoms with Crippen LogP contribution in [0.3, 0.4) is 0 Å². The van der Waals surface area contributed by atoms with Gasteiger partial charge in [0.15, 0.2) is 11.9 Å². The first-order valence-electron chi connectivity index (χ1n) is 9.26. The molecule has 3 rings (SSSR count). The fourth-order valence-corrected chi connectivity index (χ4v) is 3.47. The molecule has 1 atom stereocenters. The molecule has 0 aliphatic carbocycles. The molecule has 0 saturated carbocycles. The summed E-state index contributed by atoms with van der Waals surface area (Å²) in [7, 11) is 1.68. The second-order valence-corrected chi connectivity index (χ2v) is 7.33. The summed E-state index contributed by atoms with van der Waals surface area (Å²) < 4.78 is 5.57. The second-order valence-electron chi connectivity index (χ2n) is 7.33. The van der Waals surface area contributed by atoms with E-state index in [-0.39, 0.29) is 30.4 Å². The number of anilines is 1. The van der Waals surface area contributed by atoms with Crippen molar-refractivity contribution in [2.75, 3.05) is 25.0 Å². The number of ketones is 1. The number of hydrogen-bond donors (Lipinski definition) is 0. The molecule has 0 radical (unpaired) electrons. The van der Waals surface area contributed by atoms with Crippen LogP contribution in [0.5, 0.6) is 5.75 Å². The summed E-state index contributed by atoms with van der Waals surface area (Å²) in [5, 5.41) is 0. The number of hydrogen-bond acceptors (Lipinski definition) is 4. The molecule has 2 heterocycles. The van der Waals surface area contributed by atoms with Crippen LogP contribution in [0.25, 0.3) is 0 Å². The molecule has 0 N–H and O–H groups in total. The van der Waals surface area contributed by atoms with E-state index in [1.807, 2.05) is 4.90 Å². The topological polar surface area (TPSA) is 66.9 Å². The Hall–Kier alpha value is -2.37. The second kappa shape index (κ2) is 7.48. The fourth-order valence-electron chi connectivity index (χ4n) is 3.47. The number of fused-ring (bicyclic) bond motifs is 1. The summed E-state index contributed by atoms with van der Waals surface area (Å²) in [4.78, 5) is 40.2. The Labute approximate surface area is 154 Å². The van der Waals surface area contributed by atoms with Crippen LogP contribution in [-0.2, 0) is 9.59 Å². The molecule has 26 heavy (non-hydrogen) atoms. The normalized spacial score (nSPS) is 20.6. The highest BCUT2D eigenvalue weighted by atomic mass is 16.5. The Kier molecular flexibility index (Phi) is 5.30. The van der Waals surface area contributed by atoms with Gasteiger partial charge in [-0.15, -0.1) is 0 Å². The van der Waals surface area contributed by atoms with Gasteiger partial charge in [-0.05, 0) is 43.9 Å². The van der Waals surface area contributed by atoms with Crippen LogP contribution < -0.4 is 9.64 Å². The summed E-state index contributed by atoms with van der Waals surface area (Å²) in [6, 6.07) is 5.09. The van der Waals surface area contributed by atoms with Gasteiger partial charge in [-0.25, -0.2) is 0 Å². The lowest BCUT2D eigenvalue weighted by atomic mass is 9.98. The van der Waals surface area contributed by atoms with Crippen LogP contribution in [0, 0.1) is 5.92 Å². The minimum atomic E-state index is -0.529. The SMILES string of the molecule is CC1CCN(C(=O)CCC(=O)c2ccc3c(c2)N(C)C(=O)C(C)O3)CC1. The van der Waals surface area contributed by atoms with Crippen LogP contribution in [0.1, 0.15) is 49.9 Å². The van der Waals surface area contributed by atoms with Crippen molar-refractivity contribution in [2.24, 2.45) is 5.92 Å². The van der Waals surface area contributed by atoms with Gasteiger partial charge in [0.1, 0.15) is 5.75 Å². The van der Waals surface area contributed by atoms with Crippen molar-refractivity contribution in [3.63, 3.8) is 0 Å².